The van der Waals surface area contributed by atoms with Gasteiger partial charge in [-0.1, -0.05) is 193 Å². The van der Waals surface area contributed by atoms with Crippen LogP contribution in [0.15, 0.2) is 109 Å². The zero-order valence-electron chi connectivity index (χ0n) is 26.8. The largest absolute Gasteiger partial charge is 0.438 e. The van der Waals surface area contributed by atoms with Crippen molar-refractivity contribution in [3.8, 4) is 0 Å². The van der Waals surface area contributed by atoms with E-state index in [9.17, 15) is 0 Å². The number of hydrogen-bond donors (Lipinski definition) is 0. The fourth-order valence-corrected chi connectivity index (χ4v) is 6.37. The predicted octanol–water partition coefficient (Wildman–Crippen LogP) is 8.51. The van der Waals surface area contributed by atoms with Gasteiger partial charge in [0.25, 0.3) is 0 Å². The van der Waals surface area contributed by atoms with Gasteiger partial charge in [0.1, 0.15) is 6.54 Å². The average molecular weight is 765 g/mol. The lowest BCUT2D eigenvalue weighted by Crippen LogP contribution is -2.66. The van der Waals surface area contributed by atoms with Crippen LogP contribution in [0.4, 0.5) is 0 Å². The quantitative estimate of drug-likeness (QED) is 0.0704. The fourth-order valence-electron chi connectivity index (χ4n) is 5.86. The fraction of sp³-hybridized carbons (Fsp3) is 0.278. The smallest absolute Gasteiger partial charge is 0.362 e. The normalized spacial score (nSPS) is 13.9. The molecule has 5 rings (SSSR count). The number of rotatable bonds is 10. The molecule has 0 fully saturated rings. The maximum atomic E-state index is 5.82. The van der Waals surface area contributed by atoms with Gasteiger partial charge in [-0.05, 0) is 13.0 Å². The van der Waals surface area contributed by atoms with Crippen molar-refractivity contribution < 1.29 is 9.31 Å². The van der Waals surface area contributed by atoms with Gasteiger partial charge in [0.2, 0.25) is 7.59 Å². The Morgan fingerprint density at radius 1 is 0.688 bits per heavy atom. The molecule has 0 radical (unpaired) electrons. The van der Waals surface area contributed by atoms with Crippen LogP contribution in [-0.2, 0) is 12.3 Å². The number of hydrogen-bond acceptors (Lipinski definition) is 4. The van der Waals surface area contributed by atoms with Crippen LogP contribution in [0.1, 0.15) is 44.2 Å². The van der Waals surface area contributed by atoms with Crippen molar-refractivity contribution in [1.29, 1.82) is 0 Å². The number of likely N-dealkylation sites (N-methyl/N-ethyl adjacent to an activating group) is 1. The lowest BCUT2D eigenvalue weighted by Gasteiger charge is -2.43. The first kappa shape index (κ1) is 38.2. The Labute approximate surface area is 313 Å². The summed E-state index contributed by atoms with van der Waals surface area (Å²) in [5.41, 5.74) is 4.33. The molecule has 0 N–H and O–H groups in total. The van der Waals surface area contributed by atoms with Crippen molar-refractivity contribution in [2.24, 2.45) is 0 Å². The van der Waals surface area contributed by atoms with E-state index in [1.807, 2.05) is 6.08 Å². The van der Waals surface area contributed by atoms with Crippen molar-refractivity contribution in [1.82, 2.24) is 15.0 Å². The molecule has 0 amide bonds. The zero-order valence-corrected chi connectivity index (χ0v) is 31.3. The molecule has 1 aliphatic rings. The Morgan fingerprint density at radius 3 is 1.56 bits per heavy atom. The molecule has 3 aromatic carbocycles. The van der Waals surface area contributed by atoms with E-state index >= 15 is 0 Å². The van der Waals surface area contributed by atoms with Gasteiger partial charge in [-0.15, -0.1) is 0 Å². The molecule has 1 aliphatic heterocycles. The van der Waals surface area contributed by atoms with Crippen molar-refractivity contribution in [2.45, 2.75) is 40.6 Å². The summed E-state index contributed by atoms with van der Waals surface area (Å²) in [6, 6.07) is 33.2. The number of aromatic nitrogens is 3. The highest BCUT2D eigenvalue weighted by molar-refractivity contribution is 7.11. The standard InChI is InChI=1S/C22H24B.C14H13Cl6N4O/c1-2-3-19-23(20-13-7-4-8-14-20,21-15-9-5-10-16-21)22-17-11-6-12-18-22;1-2-24-7-8-25-10(24)6-4-3-5-9-21-11(13(15,16)17)23-12(22-9)14(18,19)20/h4-18H,2-3,19H2,1H3;3-6H,2,7-8H2,1H3/q-1;+1. The lowest BCUT2D eigenvalue weighted by molar-refractivity contribution is -0.513. The Hall–Kier alpha value is -2.58. The molecule has 48 heavy (non-hydrogen) atoms. The second kappa shape index (κ2) is 17.9. The van der Waals surface area contributed by atoms with Gasteiger partial charge >= 0.3 is 5.90 Å². The summed E-state index contributed by atoms with van der Waals surface area (Å²) in [6.07, 6.45) is 9.61. The van der Waals surface area contributed by atoms with Crippen LogP contribution in [0.5, 0.6) is 0 Å². The Kier molecular flexibility index (Phi) is 14.3. The van der Waals surface area contributed by atoms with Crippen LogP contribution < -0.4 is 16.4 Å². The minimum atomic E-state index is -1.87. The van der Waals surface area contributed by atoms with Crippen molar-refractivity contribution >= 4 is 104 Å². The summed E-state index contributed by atoms with van der Waals surface area (Å²) in [6.45, 7) is 6.74. The Morgan fingerprint density at radius 2 is 1.15 bits per heavy atom. The highest BCUT2D eigenvalue weighted by atomic mass is 35.6. The molecule has 252 valence electrons. The van der Waals surface area contributed by atoms with E-state index in [2.05, 4.69) is 124 Å². The van der Waals surface area contributed by atoms with Crippen molar-refractivity contribution in [3.05, 3.63) is 127 Å². The number of benzene rings is 3. The summed E-state index contributed by atoms with van der Waals surface area (Å²) in [4.78, 5) is 12.0. The molecule has 4 aromatic rings. The lowest BCUT2D eigenvalue weighted by atomic mass is 9.14. The molecule has 0 atom stereocenters. The van der Waals surface area contributed by atoms with E-state index in [1.165, 1.54) is 35.6 Å². The number of allylic oxidation sites excluding steroid dienone is 2. The van der Waals surface area contributed by atoms with E-state index in [0.29, 0.717) is 6.61 Å². The van der Waals surface area contributed by atoms with Crippen LogP contribution in [-0.4, -0.2) is 51.3 Å². The molecule has 5 nitrogen and oxygen atoms in total. The minimum Gasteiger partial charge on any atom is -0.438 e. The molecule has 0 spiro atoms. The second-order valence-corrected chi connectivity index (χ2v) is 15.8. The first-order chi connectivity index (χ1) is 23.0. The SMILES string of the molecule is CCCC[B-](c1ccccc1)(c1ccccc1)c1ccccc1.CC[N+]1=C(C=CC=Cc2nc(C(Cl)(Cl)Cl)nc(C(Cl)(Cl)Cl)n2)OCC1. The van der Waals surface area contributed by atoms with E-state index in [-0.39, 0.29) is 17.5 Å². The maximum Gasteiger partial charge on any atom is 0.362 e. The Bertz CT molecular complexity index is 1560. The van der Waals surface area contributed by atoms with Crippen molar-refractivity contribution in [2.75, 3.05) is 19.7 Å². The van der Waals surface area contributed by atoms with Crippen LogP contribution >= 0.6 is 69.6 Å². The molecule has 1 aromatic heterocycles. The number of unbranched alkanes of at least 4 members (excludes halogenated alkanes) is 1. The molecule has 0 saturated heterocycles. The first-order valence-electron chi connectivity index (χ1n) is 15.8. The summed E-state index contributed by atoms with van der Waals surface area (Å²) in [5.74, 6) is 0.713. The van der Waals surface area contributed by atoms with Crippen molar-refractivity contribution in [3.63, 3.8) is 0 Å². The number of nitrogens with zero attached hydrogens (tertiary/aromatic N) is 4. The van der Waals surface area contributed by atoms with Gasteiger partial charge in [-0.2, -0.15) is 27.3 Å². The predicted molar refractivity (Wildman–Crippen MR) is 207 cm³/mol. The molecule has 0 aliphatic carbocycles. The van der Waals surface area contributed by atoms with E-state index in [1.54, 1.807) is 18.2 Å². The highest BCUT2D eigenvalue weighted by Crippen LogP contribution is 2.40. The molecule has 0 saturated carbocycles. The number of halogens is 6. The topological polar surface area (TPSA) is 50.9 Å². The van der Waals surface area contributed by atoms with Gasteiger partial charge in [0.05, 0.1) is 6.15 Å². The molecule has 0 unspecified atom stereocenters. The highest BCUT2D eigenvalue weighted by Gasteiger charge is 2.33. The van der Waals surface area contributed by atoms with Gasteiger partial charge in [-0.25, -0.2) is 15.0 Å². The summed E-state index contributed by atoms with van der Waals surface area (Å²) in [7, 11) is 0. The number of alkyl halides is 6. The summed E-state index contributed by atoms with van der Waals surface area (Å²) in [5, 5.41) is 0. The molecular weight excluding hydrogens is 728 g/mol. The monoisotopic (exact) mass is 762 g/mol. The third-order valence-corrected chi connectivity index (χ3v) is 9.17. The first-order valence-corrected chi connectivity index (χ1v) is 18.1. The zero-order chi connectivity index (χ0) is 34.6. The average Bonchev–Trinajstić information content (AvgIpc) is 3.55. The molecule has 0 bridgehead atoms. The van der Waals surface area contributed by atoms with E-state index in [0.717, 1.165) is 19.0 Å². The summed E-state index contributed by atoms with van der Waals surface area (Å²) >= 11 is 34.9. The minimum absolute atomic E-state index is 0.136. The maximum absolute atomic E-state index is 5.82. The summed E-state index contributed by atoms with van der Waals surface area (Å²) < 4.78 is 3.87. The molecule has 2 heterocycles. The number of ether oxygens (including phenoxy) is 1. The van der Waals surface area contributed by atoms with Crippen LogP contribution in [0.3, 0.4) is 0 Å². The molecular formula is C36H37BCl6N4O. The third-order valence-electron chi connectivity index (χ3n) is 8.16. The second-order valence-electron chi connectivity index (χ2n) is 11.2. The van der Waals surface area contributed by atoms with E-state index < -0.39 is 13.7 Å². The van der Waals surface area contributed by atoms with Crippen LogP contribution in [0, 0.1) is 0 Å². The van der Waals surface area contributed by atoms with Gasteiger partial charge in [-0.3, -0.25) is 0 Å². The van der Waals surface area contributed by atoms with Crippen LogP contribution in [0.2, 0.25) is 6.32 Å². The van der Waals surface area contributed by atoms with Gasteiger partial charge in [0.15, 0.2) is 30.6 Å². The molecule has 12 heteroatoms. The van der Waals surface area contributed by atoms with Crippen LogP contribution in [0.25, 0.3) is 6.08 Å². The van der Waals surface area contributed by atoms with Gasteiger partial charge in [0, 0.05) is 6.08 Å². The third kappa shape index (κ3) is 10.2. The Balaban J connectivity index is 0.000000217. The van der Waals surface area contributed by atoms with Gasteiger partial charge < -0.3 is 4.74 Å². The van der Waals surface area contributed by atoms with E-state index in [4.69, 9.17) is 74.3 Å².